The maximum absolute atomic E-state index is 12.9. The van der Waals surface area contributed by atoms with Gasteiger partial charge in [0.05, 0.1) is 0 Å². The van der Waals surface area contributed by atoms with E-state index in [4.69, 9.17) is 9.47 Å². The van der Waals surface area contributed by atoms with Gasteiger partial charge in [-0.2, -0.15) is 0 Å². The first kappa shape index (κ1) is 18.1. The van der Waals surface area contributed by atoms with Crippen molar-refractivity contribution in [1.29, 1.82) is 0 Å². The van der Waals surface area contributed by atoms with Crippen molar-refractivity contribution in [3.05, 3.63) is 90.5 Å². The predicted molar refractivity (Wildman–Crippen MR) is 109 cm³/mol. The lowest BCUT2D eigenvalue weighted by molar-refractivity contribution is -0.118. The van der Waals surface area contributed by atoms with Crippen LogP contribution in [0.2, 0.25) is 0 Å². The average Bonchev–Trinajstić information content (AvgIpc) is 2.75. The van der Waals surface area contributed by atoms with E-state index < -0.39 is 6.04 Å². The van der Waals surface area contributed by atoms with Gasteiger partial charge < -0.3 is 14.8 Å². The van der Waals surface area contributed by atoms with E-state index in [1.807, 2.05) is 84.9 Å². The zero-order valence-corrected chi connectivity index (χ0v) is 15.4. The molecule has 1 heterocycles. The lowest BCUT2D eigenvalue weighted by Crippen LogP contribution is -2.42. The summed E-state index contributed by atoms with van der Waals surface area (Å²) in [5.74, 6) is 1.36. The van der Waals surface area contributed by atoms with Crippen molar-refractivity contribution < 1.29 is 14.3 Å². The summed E-state index contributed by atoms with van der Waals surface area (Å²) < 4.78 is 11.8. The number of benzene rings is 3. The number of ether oxygens (including phenoxy) is 2. The summed E-state index contributed by atoms with van der Waals surface area (Å²) in [6, 6.07) is 26.2. The Morgan fingerprint density at radius 1 is 0.893 bits per heavy atom. The van der Waals surface area contributed by atoms with Gasteiger partial charge in [-0.25, -0.2) is 0 Å². The smallest absolute Gasteiger partial charge is 0.246 e. The van der Waals surface area contributed by atoms with Crippen molar-refractivity contribution in [3.8, 4) is 11.5 Å². The number of nitrogens with one attached hydrogen (secondary N) is 2. The Morgan fingerprint density at radius 3 is 2.29 bits per heavy atom. The Hall–Kier alpha value is -3.31. The van der Waals surface area contributed by atoms with E-state index in [2.05, 4.69) is 10.6 Å². The van der Waals surface area contributed by atoms with Crippen LogP contribution in [0.5, 0.6) is 11.5 Å². The van der Waals surface area contributed by atoms with Gasteiger partial charge in [-0.3, -0.25) is 10.1 Å². The molecule has 0 bridgehead atoms. The molecule has 0 aliphatic carbocycles. The molecule has 2 atom stereocenters. The number of anilines is 1. The second-order valence-electron chi connectivity index (χ2n) is 6.60. The van der Waals surface area contributed by atoms with Crippen molar-refractivity contribution in [2.45, 2.75) is 12.1 Å². The fourth-order valence-electron chi connectivity index (χ4n) is 3.16. The van der Waals surface area contributed by atoms with Gasteiger partial charge in [0, 0.05) is 12.2 Å². The van der Waals surface area contributed by atoms with Gasteiger partial charge in [0.2, 0.25) is 5.91 Å². The number of fused-ring (bicyclic) bond motifs is 1. The summed E-state index contributed by atoms with van der Waals surface area (Å²) in [7, 11) is 0. The summed E-state index contributed by atoms with van der Waals surface area (Å²) in [6.45, 7) is 0.919. The monoisotopic (exact) mass is 374 g/mol. The molecule has 1 amide bonds. The van der Waals surface area contributed by atoms with Gasteiger partial charge >= 0.3 is 0 Å². The van der Waals surface area contributed by atoms with Gasteiger partial charge in [-0.1, -0.05) is 60.7 Å². The molecule has 3 aromatic rings. The van der Waals surface area contributed by atoms with Crippen molar-refractivity contribution in [1.82, 2.24) is 5.32 Å². The van der Waals surface area contributed by atoms with Crippen LogP contribution in [0.4, 0.5) is 5.69 Å². The average molecular weight is 374 g/mol. The summed E-state index contributed by atoms with van der Waals surface area (Å²) >= 11 is 0. The van der Waals surface area contributed by atoms with E-state index in [-0.39, 0.29) is 12.0 Å². The molecule has 2 unspecified atom stereocenters. The zero-order valence-electron chi connectivity index (χ0n) is 15.4. The molecule has 1 aliphatic heterocycles. The molecule has 5 heteroatoms. The molecule has 4 rings (SSSR count). The largest absolute Gasteiger partial charge is 0.486 e. The summed E-state index contributed by atoms with van der Waals surface area (Å²) in [5, 5.41) is 6.31. The van der Waals surface area contributed by atoms with Crippen molar-refractivity contribution in [3.63, 3.8) is 0 Å². The van der Waals surface area contributed by atoms with Crippen LogP contribution in [0.15, 0.2) is 84.9 Å². The molecule has 5 nitrogen and oxygen atoms in total. The van der Waals surface area contributed by atoms with E-state index in [1.54, 1.807) is 0 Å². The normalized spacial score (nSPS) is 16.2. The van der Waals surface area contributed by atoms with Crippen LogP contribution in [-0.2, 0) is 4.79 Å². The third kappa shape index (κ3) is 4.32. The number of hydrogen-bond donors (Lipinski definition) is 2. The third-order valence-corrected chi connectivity index (χ3v) is 4.55. The maximum atomic E-state index is 12.9. The highest BCUT2D eigenvalue weighted by Crippen LogP contribution is 2.30. The number of carbonyl (C=O) groups excluding carboxylic acids is 1. The molecule has 0 saturated heterocycles. The van der Waals surface area contributed by atoms with E-state index in [0.29, 0.717) is 13.2 Å². The van der Waals surface area contributed by atoms with Crippen LogP contribution in [-0.4, -0.2) is 25.2 Å². The molecule has 3 aromatic carbocycles. The summed E-state index contributed by atoms with van der Waals surface area (Å²) in [6.07, 6.45) is -0.175. The first-order chi connectivity index (χ1) is 13.8. The highest BCUT2D eigenvalue weighted by Gasteiger charge is 2.25. The van der Waals surface area contributed by atoms with Gasteiger partial charge in [0.1, 0.15) is 18.8 Å². The Balaban J connectivity index is 1.45. The molecule has 2 N–H and O–H groups in total. The molecule has 0 saturated carbocycles. The highest BCUT2D eigenvalue weighted by molar-refractivity contribution is 5.95. The molecule has 1 aliphatic rings. The molecule has 0 spiro atoms. The van der Waals surface area contributed by atoms with Crippen LogP contribution in [0.1, 0.15) is 11.6 Å². The van der Waals surface area contributed by atoms with Crippen molar-refractivity contribution >= 4 is 11.6 Å². The summed E-state index contributed by atoms with van der Waals surface area (Å²) in [5.41, 5.74) is 1.66. The van der Waals surface area contributed by atoms with Gasteiger partial charge in [-0.15, -0.1) is 0 Å². The van der Waals surface area contributed by atoms with Crippen LogP contribution in [0.25, 0.3) is 0 Å². The van der Waals surface area contributed by atoms with Crippen LogP contribution >= 0.6 is 0 Å². The Morgan fingerprint density at radius 2 is 1.54 bits per heavy atom. The van der Waals surface area contributed by atoms with Gasteiger partial charge in [0.15, 0.2) is 11.5 Å². The van der Waals surface area contributed by atoms with E-state index in [1.165, 1.54) is 0 Å². The highest BCUT2D eigenvalue weighted by atomic mass is 16.6. The second-order valence-corrected chi connectivity index (χ2v) is 6.60. The zero-order chi connectivity index (χ0) is 19.2. The standard InChI is InChI=1S/C23H22N2O3/c26-23(25-18-11-5-2-6-12-18)22(17-9-3-1-4-10-17)24-15-19-16-27-20-13-7-8-14-21(20)28-19/h1-14,19,22,24H,15-16H2,(H,25,26). The Labute approximate surface area is 164 Å². The van der Waals surface area contributed by atoms with E-state index in [0.717, 1.165) is 22.7 Å². The van der Waals surface area contributed by atoms with E-state index >= 15 is 0 Å². The summed E-state index contributed by atoms with van der Waals surface area (Å²) in [4.78, 5) is 12.9. The van der Waals surface area contributed by atoms with Crippen LogP contribution in [0, 0.1) is 0 Å². The number of carbonyl (C=O) groups is 1. The lowest BCUT2D eigenvalue weighted by atomic mass is 10.1. The fraction of sp³-hybridized carbons (Fsp3) is 0.174. The SMILES string of the molecule is O=C(Nc1ccccc1)C(NCC1COc2ccccc2O1)c1ccccc1. The first-order valence-corrected chi connectivity index (χ1v) is 9.32. The first-order valence-electron chi connectivity index (χ1n) is 9.32. The molecule has 142 valence electrons. The number of para-hydroxylation sites is 3. The molecule has 0 radical (unpaired) electrons. The van der Waals surface area contributed by atoms with Gasteiger partial charge in [0.25, 0.3) is 0 Å². The van der Waals surface area contributed by atoms with Crippen molar-refractivity contribution in [2.75, 3.05) is 18.5 Å². The molecule has 0 fully saturated rings. The second kappa shape index (κ2) is 8.59. The molecular weight excluding hydrogens is 352 g/mol. The molecule has 28 heavy (non-hydrogen) atoms. The minimum atomic E-state index is -0.498. The lowest BCUT2D eigenvalue weighted by Gasteiger charge is -2.28. The third-order valence-electron chi connectivity index (χ3n) is 4.55. The molecular formula is C23H22N2O3. The number of hydrogen-bond acceptors (Lipinski definition) is 4. The topological polar surface area (TPSA) is 59.6 Å². The van der Waals surface area contributed by atoms with Gasteiger partial charge in [-0.05, 0) is 29.8 Å². The maximum Gasteiger partial charge on any atom is 0.246 e. The minimum Gasteiger partial charge on any atom is -0.486 e. The fourth-order valence-corrected chi connectivity index (χ4v) is 3.16. The number of rotatable bonds is 6. The predicted octanol–water partition coefficient (Wildman–Crippen LogP) is 3.80. The minimum absolute atomic E-state index is 0.116. The van der Waals surface area contributed by atoms with E-state index in [9.17, 15) is 4.79 Å². The Kier molecular flexibility index (Phi) is 5.54. The number of amides is 1. The van der Waals surface area contributed by atoms with Crippen LogP contribution < -0.4 is 20.1 Å². The Bertz CT molecular complexity index is 915. The van der Waals surface area contributed by atoms with Crippen molar-refractivity contribution in [2.24, 2.45) is 0 Å². The molecule has 0 aromatic heterocycles. The van der Waals surface area contributed by atoms with Crippen LogP contribution in [0.3, 0.4) is 0 Å². The quantitative estimate of drug-likeness (QED) is 0.689.